The second kappa shape index (κ2) is 9.65. The van der Waals surface area contributed by atoms with E-state index in [1.807, 2.05) is 18.2 Å². The lowest BCUT2D eigenvalue weighted by atomic mass is 9.55. The van der Waals surface area contributed by atoms with Crippen LogP contribution >= 0.6 is 11.3 Å². The van der Waals surface area contributed by atoms with Gasteiger partial charge in [-0.3, -0.25) is 9.36 Å². The molecular weight excluding hydrogens is 520 g/mol. The molecule has 2 heterocycles. The van der Waals surface area contributed by atoms with Gasteiger partial charge in [-0.25, -0.2) is 4.98 Å². The predicted octanol–water partition coefficient (Wildman–Crippen LogP) is 6.30. The molecule has 6 nitrogen and oxygen atoms in total. The summed E-state index contributed by atoms with van der Waals surface area (Å²) in [5, 5.41) is 0.874. The molecule has 0 bridgehead atoms. The smallest absolute Gasteiger partial charge is 0.262 e. The quantitative estimate of drug-likeness (QED) is 0.279. The van der Waals surface area contributed by atoms with Crippen molar-refractivity contribution in [1.29, 1.82) is 0 Å². The maximum absolute atomic E-state index is 14.0. The number of thiophene rings is 1. The van der Waals surface area contributed by atoms with Crippen LogP contribution < -0.4 is 19.8 Å². The number of methoxy groups -OCH3 is 3. The zero-order valence-corrected chi connectivity index (χ0v) is 24.5. The Labute approximate surface area is 238 Å². The molecule has 0 unspecified atom stereocenters. The van der Waals surface area contributed by atoms with Crippen LogP contribution in [0.25, 0.3) is 10.2 Å². The molecule has 2 aromatic heterocycles. The molecule has 40 heavy (non-hydrogen) atoms. The van der Waals surface area contributed by atoms with Crippen LogP contribution in [0.3, 0.4) is 0 Å². The van der Waals surface area contributed by atoms with E-state index >= 15 is 0 Å². The van der Waals surface area contributed by atoms with E-state index in [1.54, 1.807) is 43.6 Å². The number of aromatic nitrogens is 2. The summed E-state index contributed by atoms with van der Waals surface area (Å²) in [4.78, 5) is 21.1. The zero-order valence-electron chi connectivity index (χ0n) is 23.7. The minimum absolute atomic E-state index is 0.0299. The van der Waals surface area contributed by atoms with Crippen LogP contribution in [0, 0.1) is 11.8 Å². The van der Waals surface area contributed by atoms with Crippen molar-refractivity contribution >= 4 is 21.6 Å². The van der Waals surface area contributed by atoms with Gasteiger partial charge in [0.15, 0.2) is 11.5 Å². The monoisotopic (exact) mass is 556 g/mol. The molecule has 0 amide bonds. The molecule has 7 heteroatoms. The fourth-order valence-corrected chi connectivity index (χ4v) is 9.48. The van der Waals surface area contributed by atoms with Gasteiger partial charge in [-0.1, -0.05) is 19.1 Å². The lowest BCUT2D eigenvalue weighted by molar-refractivity contribution is 0.106. The van der Waals surface area contributed by atoms with Crippen molar-refractivity contribution < 1.29 is 14.2 Å². The summed E-state index contributed by atoms with van der Waals surface area (Å²) in [5.74, 6) is 4.20. The van der Waals surface area contributed by atoms with Gasteiger partial charge in [0.1, 0.15) is 10.6 Å². The van der Waals surface area contributed by atoms with Gasteiger partial charge in [-0.15, -0.1) is 11.3 Å². The standard InChI is InChI=1S/C33H36N2O4S/c1-33-13-11-23-22-9-7-21(37-2)16-20(22)6-8-24(23)25(33)17-28-30(33)29-31(40-28)34-18-35(32(29)36)14-12-19-5-10-26(38-3)27(15-19)39-4/h5,7,9-10,15-16,18,23-25H,6,8,11-14,17H2,1-4H3/t23-,24+,25+,33+/m0/s1. The van der Waals surface area contributed by atoms with Crippen LogP contribution in [-0.2, 0) is 31.2 Å². The largest absolute Gasteiger partial charge is 0.497 e. The highest BCUT2D eigenvalue weighted by molar-refractivity contribution is 7.18. The summed E-state index contributed by atoms with van der Waals surface area (Å²) < 4.78 is 18.2. The fourth-order valence-electron chi connectivity index (χ4n) is 8.16. The van der Waals surface area contributed by atoms with Gasteiger partial charge in [0, 0.05) is 11.4 Å². The van der Waals surface area contributed by atoms with Crippen molar-refractivity contribution in [2.75, 3.05) is 21.3 Å². The topological polar surface area (TPSA) is 62.6 Å². The summed E-state index contributed by atoms with van der Waals surface area (Å²) in [5.41, 5.74) is 5.54. The molecule has 1 saturated carbocycles. The minimum atomic E-state index is 0.0299. The lowest BCUT2D eigenvalue weighted by Gasteiger charge is -2.49. The van der Waals surface area contributed by atoms with Crippen molar-refractivity contribution in [3.05, 3.63) is 80.2 Å². The molecule has 0 saturated heterocycles. The second-order valence-corrected chi connectivity index (χ2v) is 13.0. The minimum Gasteiger partial charge on any atom is -0.497 e. The fraction of sp³-hybridized carbons (Fsp3) is 0.455. The van der Waals surface area contributed by atoms with Gasteiger partial charge in [0.25, 0.3) is 5.56 Å². The van der Waals surface area contributed by atoms with E-state index in [2.05, 4.69) is 25.1 Å². The number of benzene rings is 2. The highest BCUT2D eigenvalue weighted by Crippen LogP contribution is 2.62. The van der Waals surface area contributed by atoms with Gasteiger partial charge < -0.3 is 14.2 Å². The Morgan fingerprint density at radius 3 is 2.70 bits per heavy atom. The average Bonchev–Trinajstić information content (AvgIpc) is 3.50. The van der Waals surface area contributed by atoms with E-state index in [9.17, 15) is 4.79 Å². The molecule has 0 N–H and O–H groups in total. The first kappa shape index (κ1) is 25.6. The molecule has 0 radical (unpaired) electrons. The predicted molar refractivity (Wildman–Crippen MR) is 158 cm³/mol. The highest BCUT2D eigenvalue weighted by Gasteiger charge is 2.54. The molecule has 208 valence electrons. The first-order valence-electron chi connectivity index (χ1n) is 14.3. The third-order valence-electron chi connectivity index (χ3n) is 10.1. The number of hydrogen-bond donors (Lipinski definition) is 0. The first-order valence-corrected chi connectivity index (χ1v) is 15.2. The summed E-state index contributed by atoms with van der Waals surface area (Å²) in [6.45, 7) is 3.02. The van der Waals surface area contributed by atoms with E-state index in [0.717, 1.165) is 40.8 Å². The van der Waals surface area contributed by atoms with Gasteiger partial charge in [-0.2, -0.15) is 0 Å². The van der Waals surface area contributed by atoms with E-state index in [4.69, 9.17) is 19.2 Å². The van der Waals surface area contributed by atoms with Gasteiger partial charge in [-0.05, 0) is 108 Å². The molecule has 4 atom stereocenters. The molecular formula is C33H36N2O4S. The average molecular weight is 557 g/mol. The molecule has 0 spiro atoms. The van der Waals surface area contributed by atoms with E-state index in [1.165, 1.54) is 34.4 Å². The van der Waals surface area contributed by atoms with Crippen molar-refractivity contribution in [3.63, 3.8) is 0 Å². The third kappa shape index (κ3) is 3.80. The Bertz CT molecular complexity index is 1670. The van der Waals surface area contributed by atoms with Crippen LogP contribution in [-0.4, -0.2) is 30.9 Å². The van der Waals surface area contributed by atoms with E-state index in [-0.39, 0.29) is 11.0 Å². The zero-order chi connectivity index (χ0) is 27.6. The SMILES string of the molecule is COc1ccc2c(c1)CC[C@H]1[C@H]3Cc4sc5ncn(CCc6ccc(OC)c(OC)c6)c(=O)c5c4[C@]3(C)CC[C@@H]21. The molecule has 7 rings (SSSR count). The number of ether oxygens (including phenoxy) is 3. The van der Waals surface area contributed by atoms with E-state index < -0.39 is 0 Å². The molecule has 1 fully saturated rings. The molecule has 0 aliphatic heterocycles. The summed E-state index contributed by atoms with van der Waals surface area (Å²) in [7, 11) is 5.03. The van der Waals surface area contributed by atoms with Crippen LogP contribution in [0.1, 0.15) is 59.2 Å². The number of rotatable bonds is 6. The summed E-state index contributed by atoms with van der Waals surface area (Å²) in [6, 6.07) is 12.6. The Hall–Kier alpha value is -3.32. The molecule has 2 aromatic carbocycles. The van der Waals surface area contributed by atoms with Crippen LogP contribution in [0.5, 0.6) is 17.2 Å². The number of aryl methyl sites for hydroxylation is 3. The third-order valence-corrected chi connectivity index (χ3v) is 11.3. The maximum atomic E-state index is 14.0. The second-order valence-electron chi connectivity index (χ2n) is 11.9. The Morgan fingerprint density at radius 2 is 1.90 bits per heavy atom. The Morgan fingerprint density at radius 1 is 1.05 bits per heavy atom. The van der Waals surface area contributed by atoms with Crippen LogP contribution in [0.4, 0.5) is 0 Å². The van der Waals surface area contributed by atoms with Gasteiger partial charge in [0.05, 0.1) is 33.0 Å². The summed E-state index contributed by atoms with van der Waals surface area (Å²) in [6.07, 6.45) is 8.13. The molecule has 3 aliphatic rings. The number of hydrogen-bond acceptors (Lipinski definition) is 6. The summed E-state index contributed by atoms with van der Waals surface area (Å²) >= 11 is 1.76. The van der Waals surface area contributed by atoms with Crippen molar-refractivity contribution in [2.24, 2.45) is 11.8 Å². The van der Waals surface area contributed by atoms with Crippen LogP contribution in [0.15, 0.2) is 47.5 Å². The Kier molecular flexibility index (Phi) is 6.19. The van der Waals surface area contributed by atoms with Crippen molar-refractivity contribution in [1.82, 2.24) is 9.55 Å². The van der Waals surface area contributed by atoms with Crippen molar-refractivity contribution in [2.45, 2.75) is 63.3 Å². The number of fused-ring (bicyclic) bond motifs is 9. The molecule has 4 aromatic rings. The molecule has 3 aliphatic carbocycles. The lowest BCUT2D eigenvalue weighted by Crippen LogP contribution is -2.43. The van der Waals surface area contributed by atoms with E-state index in [0.29, 0.717) is 42.2 Å². The van der Waals surface area contributed by atoms with Gasteiger partial charge >= 0.3 is 0 Å². The highest BCUT2D eigenvalue weighted by atomic mass is 32.1. The Balaban J connectivity index is 1.19. The van der Waals surface area contributed by atoms with Gasteiger partial charge in [0.2, 0.25) is 0 Å². The maximum Gasteiger partial charge on any atom is 0.262 e. The number of nitrogens with zero attached hydrogens (tertiary/aromatic N) is 2. The van der Waals surface area contributed by atoms with Crippen molar-refractivity contribution in [3.8, 4) is 17.2 Å². The van der Waals surface area contributed by atoms with Crippen LogP contribution in [0.2, 0.25) is 0 Å². The first-order chi connectivity index (χ1) is 19.4. The normalized spacial score (nSPS) is 24.6.